The van der Waals surface area contributed by atoms with Gasteiger partial charge in [0.15, 0.2) is 0 Å². The van der Waals surface area contributed by atoms with Crippen molar-refractivity contribution in [3.8, 4) is 5.75 Å². The van der Waals surface area contributed by atoms with Gasteiger partial charge in [0, 0.05) is 17.1 Å². The van der Waals surface area contributed by atoms with Gasteiger partial charge >= 0.3 is 0 Å². The highest BCUT2D eigenvalue weighted by Crippen LogP contribution is 2.29. The van der Waals surface area contributed by atoms with E-state index in [4.69, 9.17) is 14.3 Å². The van der Waals surface area contributed by atoms with Crippen molar-refractivity contribution in [2.24, 2.45) is 0 Å². The first-order chi connectivity index (χ1) is 9.20. The van der Waals surface area contributed by atoms with Crippen molar-refractivity contribution in [2.45, 2.75) is 0 Å². The SMILES string of the molecule is COCCONC(=O)C1=Cc2cc(Br)ccc2OC1. The summed E-state index contributed by atoms with van der Waals surface area (Å²) in [6.07, 6.45) is 1.79. The molecule has 0 atom stereocenters. The van der Waals surface area contributed by atoms with E-state index in [1.54, 1.807) is 13.2 Å². The van der Waals surface area contributed by atoms with Crippen LogP contribution in [0.4, 0.5) is 0 Å². The van der Waals surface area contributed by atoms with Crippen LogP contribution in [-0.2, 0) is 14.4 Å². The molecule has 1 amide bonds. The summed E-state index contributed by atoms with van der Waals surface area (Å²) >= 11 is 3.38. The summed E-state index contributed by atoms with van der Waals surface area (Å²) in [5.41, 5.74) is 3.73. The summed E-state index contributed by atoms with van der Waals surface area (Å²) in [4.78, 5) is 16.8. The molecule has 0 radical (unpaired) electrons. The number of ether oxygens (including phenoxy) is 2. The second-order valence-corrected chi connectivity index (χ2v) is 4.83. The van der Waals surface area contributed by atoms with Crippen LogP contribution in [0.5, 0.6) is 5.75 Å². The van der Waals surface area contributed by atoms with Crippen LogP contribution in [0.1, 0.15) is 5.56 Å². The molecule has 0 spiro atoms. The van der Waals surface area contributed by atoms with Crippen LogP contribution in [0.25, 0.3) is 6.08 Å². The maximum absolute atomic E-state index is 11.8. The average molecular weight is 328 g/mol. The van der Waals surface area contributed by atoms with Gasteiger partial charge in [-0.2, -0.15) is 0 Å². The lowest BCUT2D eigenvalue weighted by molar-refractivity contribution is -0.130. The predicted molar refractivity (Wildman–Crippen MR) is 73.6 cm³/mol. The third kappa shape index (κ3) is 3.79. The van der Waals surface area contributed by atoms with Gasteiger partial charge in [-0.25, -0.2) is 5.48 Å². The summed E-state index contributed by atoms with van der Waals surface area (Å²) in [5.74, 6) is 0.460. The van der Waals surface area contributed by atoms with E-state index in [0.717, 1.165) is 15.8 Å². The first-order valence-electron chi connectivity index (χ1n) is 5.74. The molecule has 0 aliphatic carbocycles. The lowest BCUT2D eigenvalue weighted by Crippen LogP contribution is -2.29. The molecule has 1 aliphatic heterocycles. The number of hydrogen-bond donors (Lipinski definition) is 1. The molecule has 6 heteroatoms. The van der Waals surface area contributed by atoms with E-state index in [1.165, 1.54) is 0 Å². The maximum Gasteiger partial charge on any atom is 0.274 e. The zero-order chi connectivity index (χ0) is 13.7. The molecular weight excluding hydrogens is 314 g/mol. The Morgan fingerprint density at radius 3 is 3.11 bits per heavy atom. The van der Waals surface area contributed by atoms with Gasteiger partial charge in [0.2, 0.25) is 0 Å². The zero-order valence-electron chi connectivity index (χ0n) is 10.4. The number of hydroxylamine groups is 1. The largest absolute Gasteiger partial charge is 0.488 e. The van der Waals surface area contributed by atoms with Gasteiger partial charge in [0.25, 0.3) is 5.91 Å². The molecule has 0 bridgehead atoms. The molecule has 1 aliphatic rings. The highest BCUT2D eigenvalue weighted by molar-refractivity contribution is 9.10. The molecule has 102 valence electrons. The van der Waals surface area contributed by atoms with Gasteiger partial charge in [0.1, 0.15) is 12.4 Å². The second kappa shape index (κ2) is 6.70. The molecule has 0 fully saturated rings. The van der Waals surface area contributed by atoms with Crippen molar-refractivity contribution in [3.63, 3.8) is 0 Å². The number of fused-ring (bicyclic) bond motifs is 1. The number of carbonyl (C=O) groups excluding carboxylic acids is 1. The average Bonchev–Trinajstić information content (AvgIpc) is 2.42. The molecule has 0 saturated carbocycles. The number of halogens is 1. The minimum Gasteiger partial charge on any atom is -0.488 e. The van der Waals surface area contributed by atoms with Crippen molar-refractivity contribution in [1.29, 1.82) is 0 Å². The third-order valence-electron chi connectivity index (χ3n) is 2.53. The van der Waals surface area contributed by atoms with E-state index in [1.807, 2.05) is 18.2 Å². The molecule has 1 aromatic rings. The van der Waals surface area contributed by atoms with Crippen molar-refractivity contribution in [2.75, 3.05) is 26.9 Å². The summed E-state index contributed by atoms with van der Waals surface area (Å²) in [7, 11) is 1.57. The fraction of sp³-hybridized carbons (Fsp3) is 0.308. The molecule has 5 nitrogen and oxygen atoms in total. The number of hydrogen-bond acceptors (Lipinski definition) is 4. The smallest absolute Gasteiger partial charge is 0.274 e. The maximum atomic E-state index is 11.8. The molecule has 0 saturated heterocycles. The minimum absolute atomic E-state index is 0.230. The Balaban J connectivity index is 2.00. The van der Waals surface area contributed by atoms with E-state index in [2.05, 4.69) is 21.4 Å². The van der Waals surface area contributed by atoms with Crippen LogP contribution < -0.4 is 10.2 Å². The summed E-state index contributed by atoms with van der Waals surface area (Å²) in [6.45, 7) is 0.957. The summed E-state index contributed by atoms with van der Waals surface area (Å²) in [5, 5.41) is 0. The Morgan fingerprint density at radius 1 is 1.47 bits per heavy atom. The molecule has 2 rings (SSSR count). The molecule has 19 heavy (non-hydrogen) atoms. The first kappa shape index (κ1) is 14.0. The Bertz CT molecular complexity index is 501. The van der Waals surface area contributed by atoms with Crippen LogP contribution >= 0.6 is 15.9 Å². The normalized spacial score (nSPS) is 13.3. The fourth-order valence-corrected chi connectivity index (χ4v) is 1.97. The van der Waals surface area contributed by atoms with Gasteiger partial charge in [-0.3, -0.25) is 9.63 Å². The number of rotatable bonds is 5. The van der Waals surface area contributed by atoms with Crippen LogP contribution in [0, 0.1) is 0 Å². The van der Waals surface area contributed by atoms with E-state index in [9.17, 15) is 4.79 Å². The van der Waals surface area contributed by atoms with E-state index in [0.29, 0.717) is 18.8 Å². The highest BCUT2D eigenvalue weighted by atomic mass is 79.9. The van der Waals surface area contributed by atoms with Gasteiger partial charge in [-0.1, -0.05) is 15.9 Å². The molecule has 1 N–H and O–H groups in total. The highest BCUT2D eigenvalue weighted by Gasteiger charge is 2.17. The van der Waals surface area contributed by atoms with Gasteiger partial charge in [0.05, 0.1) is 18.8 Å². The van der Waals surface area contributed by atoms with E-state index >= 15 is 0 Å². The topological polar surface area (TPSA) is 56.8 Å². The summed E-state index contributed by atoms with van der Waals surface area (Å²) in [6, 6.07) is 5.65. The van der Waals surface area contributed by atoms with Crippen molar-refractivity contribution >= 4 is 27.9 Å². The number of benzene rings is 1. The van der Waals surface area contributed by atoms with Crippen LogP contribution in [0.3, 0.4) is 0 Å². The Kier molecular flexibility index (Phi) is 4.95. The Morgan fingerprint density at radius 2 is 2.32 bits per heavy atom. The van der Waals surface area contributed by atoms with Crippen molar-refractivity contribution < 1.29 is 19.1 Å². The summed E-state index contributed by atoms with van der Waals surface area (Å²) < 4.78 is 11.3. The van der Waals surface area contributed by atoms with Crippen LogP contribution in [-0.4, -0.2) is 32.8 Å². The van der Waals surface area contributed by atoms with Gasteiger partial charge in [-0.15, -0.1) is 0 Å². The first-order valence-corrected chi connectivity index (χ1v) is 6.54. The van der Waals surface area contributed by atoms with E-state index < -0.39 is 0 Å². The monoisotopic (exact) mass is 327 g/mol. The van der Waals surface area contributed by atoms with Gasteiger partial charge in [-0.05, 0) is 24.3 Å². The fourth-order valence-electron chi connectivity index (χ4n) is 1.59. The number of carbonyl (C=O) groups is 1. The third-order valence-corrected chi connectivity index (χ3v) is 3.02. The molecule has 0 aromatic heterocycles. The molecular formula is C13H14BrNO4. The predicted octanol–water partition coefficient (Wildman–Crippen LogP) is 1.92. The second-order valence-electron chi connectivity index (χ2n) is 3.91. The van der Waals surface area contributed by atoms with Gasteiger partial charge < -0.3 is 9.47 Å². The zero-order valence-corrected chi connectivity index (χ0v) is 12.0. The molecule has 0 unspecified atom stereocenters. The quantitative estimate of drug-likeness (QED) is 0.663. The van der Waals surface area contributed by atoms with Crippen molar-refractivity contribution in [3.05, 3.63) is 33.8 Å². The van der Waals surface area contributed by atoms with Crippen LogP contribution in [0.2, 0.25) is 0 Å². The lowest BCUT2D eigenvalue weighted by atomic mass is 10.1. The van der Waals surface area contributed by atoms with Crippen LogP contribution in [0.15, 0.2) is 28.2 Å². The standard InChI is InChI=1S/C13H14BrNO4/c1-17-4-5-19-15-13(16)10-6-9-7-11(14)2-3-12(9)18-8-10/h2-3,6-7H,4-5,8H2,1H3,(H,15,16). The number of nitrogens with one attached hydrogen (secondary N) is 1. The minimum atomic E-state index is -0.304. The molecule has 1 aromatic carbocycles. The Hall–Kier alpha value is -1.37. The van der Waals surface area contributed by atoms with Crippen molar-refractivity contribution in [1.82, 2.24) is 5.48 Å². The number of methoxy groups -OCH3 is 1. The molecule has 1 heterocycles. The lowest BCUT2D eigenvalue weighted by Gasteiger charge is -2.17. The van der Waals surface area contributed by atoms with E-state index in [-0.39, 0.29) is 12.5 Å². The number of amides is 1. The Labute approximate surface area is 119 Å².